The molecule has 7 heteroatoms. The van der Waals surface area contributed by atoms with Gasteiger partial charge in [-0.25, -0.2) is 4.68 Å². The smallest absolute Gasteiger partial charge is 0.258 e. The largest absolute Gasteiger partial charge is 0.496 e. The fourth-order valence-electron chi connectivity index (χ4n) is 3.40. The third-order valence-corrected chi connectivity index (χ3v) is 5.28. The summed E-state index contributed by atoms with van der Waals surface area (Å²) in [5.74, 6) is 0.476. The number of rotatable bonds is 7. The van der Waals surface area contributed by atoms with Crippen molar-refractivity contribution in [2.24, 2.45) is 0 Å². The molecule has 0 aliphatic rings. The van der Waals surface area contributed by atoms with Crippen molar-refractivity contribution in [3.8, 4) is 11.4 Å². The van der Waals surface area contributed by atoms with Gasteiger partial charge in [0.15, 0.2) is 0 Å². The Bertz CT molecular complexity index is 1110. The van der Waals surface area contributed by atoms with E-state index in [1.807, 2.05) is 50.2 Å². The lowest BCUT2D eigenvalue weighted by atomic mass is 9.92. The number of aromatic nitrogens is 2. The number of methoxy groups -OCH3 is 1. The predicted molar refractivity (Wildman–Crippen MR) is 130 cm³/mol. The van der Waals surface area contributed by atoms with Gasteiger partial charge in [-0.15, -0.1) is 0 Å². The van der Waals surface area contributed by atoms with Gasteiger partial charge in [0.25, 0.3) is 5.91 Å². The molecule has 0 unspecified atom stereocenters. The monoisotopic (exact) mass is 448 g/mol. The van der Waals surface area contributed by atoms with Crippen molar-refractivity contribution < 1.29 is 14.3 Å². The van der Waals surface area contributed by atoms with E-state index in [9.17, 15) is 9.59 Å². The zero-order valence-electron chi connectivity index (χ0n) is 20.1. The molecule has 7 nitrogen and oxygen atoms in total. The van der Waals surface area contributed by atoms with Crippen molar-refractivity contribution in [3.05, 3.63) is 71.9 Å². The van der Waals surface area contributed by atoms with Crippen LogP contribution in [0, 0.1) is 0 Å². The van der Waals surface area contributed by atoms with Crippen LogP contribution in [-0.4, -0.2) is 46.2 Å². The van der Waals surface area contributed by atoms with Crippen LogP contribution < -0.4 is 10.1 Å². The maximum atomic E-state index is 13.2. The highest BCUT2D eigenvalue weighted by atomic mass is 16.5. The van der Waals surface area contributed by atoms with Crippen LogP contribution in [0.1, 0.15) is 50.7 Å². The Morgan fingerprint density at radius 1 is 1.06 bits per heavy atom. The molecule has 1 aromatic heterocycles. The van der Waals surface area contributed by atoms with E-state index in [2.05, 4.69) is 26.1 Å². The Hall–Kier alpha value is -3.61. The summed E-state index contributed by atoms with van der Waals surface area (Å²) in [5.41, 5.74) is 1.93. The fourth-order valence-corrected chi connectivity index (χ4v) is 3.40. The fraction of sp³-hybridized carbons (Fsp3) is 0.346. The second-order valence-corrected chi connectivity index (χ2v) is 9.19. The summed E-state index contributed by atoms with van der Waals surface area (Å²) in [5, 5.41) is 7.69. The number of nitrogens with zero attached hydrogens (tertiary/aromatic N) is 3. The number of para-hydroxylation sites is 2. The van der Waals surface area contributed by atoms with Gasteiger partial charge in [-0.3, -0.25) is 9.59 Å². The number of amides is 2. The minimum Gasteiger partial charge on any atom is -0.496 e. The molecule has 0 fully saturated rings. The molecule has 0 atom stereocenters. The quantitative estimate of drug-likeness (QED) is 0.570. The first-order chi connectivity index (χ1) is 15.6. The number of nitrogens with one attached hydrogen (secondary N) is 1. The highest BCUT2D eigenvalue weighted by Crippen LogP contribution is 2.26. The molecule has 1 N–H and O–H groups in total. The van der Waals surface area contributed by atoms with Crippen LogP contribution in [-0.2, 0) is 10.2 Å². The lowest BCUT2D eigenvalue weighted by Crippen LogP contribution is -2.42. The molecule has 0 spiro atoms. The Kier molecular flexibility index (Phi) is 7.21. The molecule has 0 saturated carbocycles. The van der Waals surface area contributed by atoms with Gasteiger partial charge < -0.3 is 15.0 Å². The lowest BCUT2D eigenvalue weighted by Gasteiger charge is -2.27. The number of hydrogen-bond donors (Lipinski definition) is 1. The molecule has 0 aliphatic carbocycles. The summed E-state index contributed by atoms with van der Waals surface area (Å²) in [6.45, 7) is 9.88. The summed E-state index contributed by atoms with van der Waals surface area (Å²) in [4.78, 5) is 27.8. The van der Waals surface area contributed by atoms with Gasteiger partial charge in [0.05, 0.1) is 24.1 Å². The average Bonchev–Trinajstić information content (AvgIpc) is 3.21. The van der Waals surface area contributed by atoms with E-state index in [4.69, 9.17) is 9.84 Å². The van der Waals surface area contributed by atoms with E-state index in [0.717, 1.165) is 11.4 Å². The number of benzene rings is 2. The van der Waals surface area contributed by atoms with Gasteiger partial charge in [0, 0.05) is 17.5 Å². The molecule has 3 aromatic rings. The Labute approximate surface area is 195 Å². The maximum Gasteiger partial charge on any atom is 0.258 e. The summed E-state index contributed by atoms with van der Waals surface area (Å²) in [7, 11) is 1.52. The van der Waals surface area contributed by atoms with Gasteiger partial charge in [0.2, 0.25) is 5.91 Å². The molecule has 2 aromatic carbocycles. The predicted octanol–water partition coefficient (Wildman–Crippen LogP) is 4.67. The van der Waals surface area contributed by atoms with Crippen LogP contribution in [0.25, 0.3) is 5.69 Å². The van der Waals surface area contributed by atoms with Crippen molar-refractivity contribution >= 4 is 17.6 Å². The first-order valence-corrected chi connectivity index (χ1v) is 11.0. The highest BCUT2D eigenvalue weighted by Gasteiger charge is 2.26. The SMILES string of the molecule is COc1ccccc1C(=O)N(CC(=O)Nc1cc(C(C)(C)C)nn1-c1ccccc1)C(C)C. The first kappa shape index (κ1) is 24.0. The number of hydrogen-bond acceptors (Lipinski definition) is 4. The summed E-state index contributed by atoms with van der Waals surface area (Å²) >= 11 is 0. The summed E-state index contributed by atoms with van der Waals surface area (Å²) in [6.07, 6.45) is 0. The van der Waals surface area contributed by atoms with Crippen molar-refractivity contribution in [1.29, 1.82) is 0 Å². The summed E-state index contributed by atoms with van der Waals surface area (Å²) in [6, 6.07) is 18.4. The zero-order valence-corrected chi connectivity index (χ0v) is 20.1. The first-order valence-electron chi connectivity index (χ1n) is 11.0. The second-order valence-electron chi connectivity index (χ2n) is 9.19. The van der Waals surface area contributed by atoms with E-state index in [1.54, 1.807) is 28.9 Å². The van der Waals surface area contributed by atoms with Gasteiger partial charge in [-0.05, 0) is 38.1 Å². The zero-order chi connectivity index (χ0) is 24.2. The highest BCUT2D eigenvalue weighted by molar-refractivity contribution is 6.01. The standard InChI is InChI=1S/C26H32N4O3/c1-18(2)29(25(32)20-14-10-11-15-21(20)33-6)17-24(31)27-23-16-22(26(3,4)5)28-30(23)19-12-8-7-9-13-19/h7-16,18H,17H2,1-6H3,(H,27,31). The van der Waals surface area contributed by atoms with Crippen molar-refractivity contribution in [2.45, 2.75) is 46.1 Å². The maximum absolute atomic E-state index is 13.2. The molecule has 2 amide bonds. The number of anilines is 1. The van der Waals surface area contributed by atoms with Gasteiger partial charge in [-0.1, -0.05) is 51.1 Å². The normalized spacial score (nSPS) is 11.4. The van der Waals surface area contributed by atoms with E-state index in [1.165, 1.54) is 12.0 Å². The van der Waals surface area contributed by atoms with Gasteiger partial charge >= 0.3 is 0 Å². The van der Waals surface area contributed by atoms with Crippen LogP contribution in [0.4, 0.5) is 5.82 Å². The van der Waals surface area contributed by atoms with Crippen molar-refractivity contribution in [2.75, 3.05) is 19.0 Å². The van der Waals surface area contributed by atoms with E-state index in [0.29, 0.717) is 17.1 Å². The lowest BCUT2D eigenvalue weighted by molar-refractivity contribution is -0.117. The Morgan fingerprint density at radius 3 is 2.30 bits per heavy atom. The molecule has 0 radical (unpaired) electrons. The third kappa shape index (κ3) is 5.61. The number of carbonyl (C=O) groups excluding carboxylic acids is 2. The van der Waals surface area contributed by atoms with Crippen LogP contribution in [0.3, 0.4) is 0 Å². The molecule has 3 rings (SSSR count). The van der Waals surface area contributed by atoms with Crippen LogP contribution in [0.5, 0.6) is 5.75 Å². The van der Waals surface area contributed by atoms with Gasteiger partial charge in [0.1, 0.15) is 18.1 Å². The summed E-state index contributed by atoms with van der Waals surface area (Å²) < 4.78 is 7.06. The van der Waals surface area contributed by atoms with Crippen LogP contribution in [0.2, 0.25) is 0 Å². The average molecular weight is 449 g/mol. The minimum atomic E-state index is -0.301. The van der Waals surface area contributed by atoms with E-state index < -0.39 is 0 Å². The second kappa shape index (κ2) is 9.90. The molecule has 0 bridgehead atoms. The Morgan fingerprint density at radius 2 is 1.70 bits per heavy atom. The third-order valence-electron chi connectivity index (χ3n) is 5.28. The van der Waals surface area contributed by atoms with Gasteiger partial charge in [-0.2, -0.15) is 5.10 Å². The molecule has 0 saturated heterocycles. The van der Waals surface area contributed by atoms with E-state index in [-0.39, 0.29) is 29.8 Å². The minimum absolute atomic E-state index is 0.0978. The molecular formula is C26H32N4O3. The molecular weight excluding hydrogens is 416 g/mol. The van der Waals surface area contributed by atoms with Crippen LogP contribution in [0.15, 0.2) is 60.7 Å². The molecule has 0 aliphatic heterocycles. The number of carbonyl (C=O) groups is 2. The Balaban J connectivity index is 1.87. The molecule has 1 heterocycles. The number of ether oxygens (including phenoxy) is 1. The van der Waals surface area contributed by atoms with Crippen LogP contribution >= 0.6 is 0 Å². The van der Waals surface area contributed by atoms with Crippen molar-refractivity contribution in [1.82, 2.24) is 14.7 Å². The van der Waals surface area contributed by atoms with E-state index >= 15 is 0 Å². The molecule has 174 valence electrons. The van der Waals surface area contributed by atoms with Crippen molar-refractivity contribution in [3.63, 3.8) is 0 Å². The topological polar surface area (TPSA) is 76.5 Å². The molecule has 33 heavy (non-hydrogen) atoms.